The molecule has 0 aliphatic rings. The predicted molar refractivity (Wildman–Crippen MR) is 114 cm³/mol. The van der Waals surface area contributed by atoms with Crippen molar-refractivity contribution >= 4 is 5.91 Å². The summed E-state index contributed by atoms with van der Waals surface area (Å²) < 4.78 is 7.29. The molecule has 0 bridgehead atoms. The van der Waals surface area contributed by atoms with Crippen molar-refractivity contribution in [1.29, 1.82) is 0 Å². The van der Waals surface area contributed by atoms with Crippen LogP contribution in [-0.4, -0.2) is 48.4 Å². The van der Waals surface area contributed by atoms with Gasteiger partial charge in [0.1, 0.15) is 0 Å². The molecule has 3 rings (SSSR count). The monoisotopic (exact) mass is 426 g/mol. The highest BCUT2D eigenvalue weighted by Crippen LogP contribution is 2.11. The van der Waals surface area contributed by atoms with Crippen molar-refractivity contribution in [1.82, 2.24) is 29.4 Å². The van der Waals surface area contributed by atoms with Gasteiger partial charge in [0.25, 0.3) is 5.56 Å². The summed E-state index contributed by atoms with van der Waals surface area (Å²) in [5, 5.41) is 8.01. The molecule has 0 unspecified atom stereocenters. The zero-order valence-corrected chi connectivity index (χ0v) is 17.9. The molecule has 2 aromatic heterocycles. The Morgan fingerprint density at radius 3 is 2.58 bits per heavy atom. The van der Waals surface area contributed by atoms with E-state index in [4.69, 9.17) is 4.52 Å². The van der Waals surface area contributed by atoms with Crippen LogP contribution in [0.15, 0.2) is 44.4 Å². The smallest absolute Gasteiger partial charge is 0.343 e. The van der Waals surface area contributed by atoms with Gasteiger partial charge >= 0.3 is 5.69 Å². The Bertz CT molecular complexity index is 1150. The number of rotatable bonds is 9. The number of hydrogen-bond donors (Lipinski definition) is 0. The van der Waals surface area contributed by atoms with Crippen LogP contribution in [0.5, 0.6) is 0 Å². The highest BCUT2D eigenvalue weighted by Gasteiger charge is 2.20. The molecule has 1 aromatic carbocycles. The maximum atomic E-state index is 12.6. The van der Waals surface area contributed by atoms with Gasteiger partial charge in [-0.3, -0.25) is 14.2 Å². The predicted octanol–water partition coefficient (Wildman–Crippen LogP) is 1.56. The second-order valence-electron chi connectivity index (χ2n) is 7.08. The van der Waals surface area contributed by atoms with Gasteiger partial charge in [-0.25, -0.2) is 4.79 Å². The fourth-order valence-electron chi connectivity index (χ4n) is 3.08. The quantitative estimate of drug-likeness (QED) is 0.510. The molecular formula is C21H26N6O4. The first-order valence-corrected chi connectivity index (χ1v) is 10.3. The van der Waals surface area contributed by atoms with Gasteiger partial charge in [0.15, 0.2) is 5.69 Å². The first-order valence-electron chi connectivity index (χ1n) is 10.3. The summed E-state index contributed by atoms with van der Waals surface area (Å²) in [6.45, 7) is 5.40. The van der Waals surface area contributed by atoms with Crippen molar-refractivity contribution in [2.75, 3.05) is 13.1 Å². The van der Waals surface area contributed by atoms with Gasteiger partial charge < -0.3 is 9.42 Å². The van der Waals surface area contributed by atoms with E-state index in [0.717, 1.165) is 28.6 Å². The Hall–Kier alpha value is -3.56. The van der Waals surface area contributed by atoms with Crippen LogP contribution in [0.4, 0.5) is 0 Å². The van der Waals surface area contributed by atoms with E-state index in [1.807, 2.05) is 13.0 Å². The van der Waals surface area contributed by atoms with Crippen molar-refractivity contribution in [3.05, 3.63) is 57.1 Å². The first-order chi connectivity index (χ1) is 15.0. The molecule has 31 heavy (non-hydrogen) atoms. The van der Waals surface area contributed by atoms with Crippen LogP contribution in [0.2, 0.25) is 0 Å². The Morgan fingerprint density at radius 1 is 1.16 bits per heavy atom. The zero-order chi connectivity index (χ0) is 22.4. The lowest BCUT2D eigenvalue weighted by atomic mass is 10.2. The van der Waals surface area contributed by atoms with E-state index in [0.29, 0.717) is 12.2 Å². The van der Waals surface area contributed by atoms with Gasteiger partial charge in [-0.1, -0.05) is 36.7 Å². The summed E-state index contributed by atoms with van der Waals surface area (Å²) in [4.78, 5) is 43.5. The molecule has 0 spiro atoms. The highest BCUT2D eigenvalue weighted by molar-refractivity contribution is 5.76. The van der Waals surface area contributed by atoms with Gasteiger partial charge in [-0.05, 0) is 25.5 Å². The van der Waals surface area contributed by atoms with Gasteiger partial charge in [-0.15, -0.1) is 0 Å². The lowest BCUT2D eigenvalue weighted by molar-refractivity contribution is -0.131. The summed E-state index contributed by atoms with van der Waals surface area (Å²) >= 11 is 0. The highest BCUT2D eigenvalue weighted by atomic mass is 16.5. The van der Waals surface area contributed by atoms with E-state index in [2.05, 4.69) is 22.2 Å². The normalized spacial score (nSPS) is 10.9. The van der Waals surface area contributed by atoms with Crippen molar-refractivity contribution in [2.24, 2.45) is 7.05 Å². The number of benzene rings is 1. The Kier molecular flexibility index (Phi) is 7.11. The summed E-state index contributed by atoms with van der Waals surface area (Å²) in [6, 6.07) is 8.74. The van der Waals surface area contributed by atoms with E-state index < -0.39 is 11.2 Å². The Morgan fingerprint density at radius 2 is 1.90 bits per heavy atom. The maximum absolute atomic E-state index is 12.6. The molecule has 10 nitrogen and oxygen atoms in total. The summed E-state index contributed by atoms with van der Waals surface area (Å²) in [5.41, 5.74) is -0.811. The molecule has 164 valence electrons. The minimum absolute atomic E-state index is 0.0161. The van der Waals surface area contributed by atoms with Crippen LogP contribution in [0, 0.1) is 0 Å². The molecule has 3 aromatic rings. The molecule has 0 aliphatic carbocycles. The van der Waals surface area contributed by atoms with Crippen LogP contribution in [0.1, 0.15) is 39.0 Å². The number of aromatic nitrogens is 5. The van der Waals surface area contributed by atoms with E-state index >= 15 is 0 Å². The van der Waals surface area contributed by atoms with E-state index in [1.165, 1.54) is 7.05 Å². The fraction of sp³-hybridized carbons (Fsp3) is 0.429. The molecule has 2 heterocycles. The molecule has 0 saturated carbocycles. The van der Waals surface area contributed by atoms with Crippen LogP contribution in [-0.2, 0) is 18.3 Å². The third-order valence-corrected chi connectivity index (χ3v) is 4.92. The maximum Gasteiger partial charge on any atom is 0.351 e. The van der Waals surface area contributed by atoms with Gasteiger partial charge in [0.05, 0.1) is 5.69 Å². The van der Waals surface area contributed by atoms with E-state index in [9.17, 15) is 14.4 Å². The molecule has 1 amide bonds. The van der Waals surface area contributed by atoms with Gasteiger partial charge in [-0.2, -0.15) is 14.8 Å². The zero-order valence-electron chi connectivity index (χ0n) is 17.9. The molecule has 0 radical (unpaired) electrons. The summed E-state index contributed by atoms with van der Waals surface area (Å²) in [6.07, 6.45) is 2.46. The lowest BCUT2D eigenvalue weighted by Crippen LogP contribution is -2.40. The number of carbonyl (C=O) groups is 1. The number of hydrogen-bond acceptors (Lipinski definition) is 7. The molecule has 0 N–H and O–H groups in total. The Labute approximate surface area is 179 Å². The third kappa shape index (κ3) is 4.96. The fourth-order valence-corrected chi connectivity index (χ4v) is 3.08. The first kappa shape index (κ1) is 22.1. The molecular weight excluding hydrogens is 400 g/mol. The lowest BCUT2D eigenvalue weighted by Gasteiger charge is -2.20. The van der Waals surface area contributed by atoms with Crippen molar-refractivity contribution in [3.63, 3.8) is 0 Å². The van der Waals surface area contributed by atoms with Crippen LogP contribution < -0.4 is 11.2 Å². The summed E-state index contributed by atoms with van der Waals surface area (Å²) in [7, 11) is 1.37. The molecule has 0 atom stereocenters. The number of amides is 1. The number of para-hydroxylation sites is 1. The number of unbranched alkanes of at least 4 members (excludes halogenated alkanes) is 1. The SMILES string of the molecule is CCCCN(CC)C(=O)CCc1nc(-c2nn(-c3ccccc3)c(=O)n(C)c2=O)no1. The number of carbonyl (C=O) groups excluding carboxylic acids is 1. The molecule has 0 aliphatic heterocycles. The standard InChI is InChI=1S/C21H26N6O4/c1-4-6-14-26(5-2)17(28)13-12-16-22-19(24-31-16)18-20(29)25(3)21(30)27(23-18)15-10-8-7-9-11-15/h7-11H,4-6,12-14H2,1-3H3. The minimum Gasteiger partial charge on any atom is -0.343 e. The van der Waals surface area contributed by atoms with Crippen LogP contribution in [0.3, 0.4) is 0 Å². The topological polar surface area (TPSA) is 116 Å². The van der Waals surface area contributed by atoms with Crippen LogP contribution >= 0.6 is 0 Å². The van der Waals surface area contributed by atoms with Crippen molar-refractivity contribution in [2.45, 2.75) is 39.5 Å². The second-order valence-corrected chi connectivity index (χ2v) is 7.08. The average Bonchev–Trinajstić information content (AvgIpc) is 3.26. The van der Waals surface area contributed by atoms with Gasteiger partial charge in [0.2, 0.25) is 17.6 Å². The van der Waals surface area contributed by atoms with Gasteiger partial charge in [0, 0.05) is 33.0 Å². The number of aryl methyl sites for hydroxylation is 1. The summed E-state index contributed by atoms with van der Waals surface area (Å²) in [5.74, 6) is 0.227. The van der Waals surface area contributed by atoms with E-state index in [1.54, 1.807) is 29.2 Å². The van der Waals surface area contributed by atoms with Crippen molar-refractivity contribution in [3.8, 4) is 17.2 Å². The van der Waals surface area contributed by atoms with Crippen LogP contribution in [0.25, 0.3) is 17.2 Å². The number of nitrogens with zero attached hydrogens (tertiary/aromatic N) is 6. The molecule has 0 fully saturated rings. The average molecular weight is 426 g/mol. The minimum atomic E-state index is -0.627. The Balaban J connectivity index is 1.82. The molecule has 10 heteroatoms. The largest absolute Gasteiger partial charge is 0.351 e. The van der Waals surface area contributed by atoms with Crippen molar-refractivity contribution < 1.29 is 9.32 Å². The van der Waals surface area contributed by atoms with E-state index in [-0.39, 0.29) is 36.2 Å². The third-order valence-electron chi connectivity index (χ3n) is 4.92. The molecule has 0 saturated heterocycles. The second kappa shape index (κ2) is 9.96.